The molecule has 1 aromatic carbocycles. The summed E-state index contributed by atoms with van der Waals surface area (Å²) in [5.41, 5.74) is 0.814. The van der Waals surface area contributed by atoms with E-state index in [2.05, 4.69) is 4.98 Å². The standard InChI is InChI=1S/C25H30F2N4O3/c1-5-34-16(4)25(27)10-12-30(13-11-25)20-14-19(24(32)33)28-23-21(20)22(15(2)3)29-31(23)18-8-6-17(26)7-9-18/h6-9,14-16H,5,10-13H2,1-4H3,(H,32,33). The lowest BCUT2D eigenvalue weighted by Gasteiger charge is -2.40. The van der Waals surface area contributed by atoms with Gasteiger partial charge in [0, 0.05) is 32.5 Å². The predicted octanol–water partition coefficient (Wildman–Crippen LogP) is 5.11. The Morgan fingerprint density at radius 2 is 1.85 bits per heavy atom. The molecule has 0 amide bonds. The Balaban J connectivity index is 1.84. The maximum atomic E-state index is 15.5. The normalized spacial score (nSPS) is 16.9. The molecule has 182 valence electrons. The number of aromatic nitrogens is 3. The second-order valence-electron chi connectivity index (χ2n) is 9.08. The lowest BCUT2D eigenvalue weighted by Crippen LogP contribution is -2.48. The van der Waals surface area contributed by atoms with E-state index in [0.717, 1.165) is 11.1 Å². The number of alkyl halides is 1. The number of anilines is 1. The quantitative estimate of drug-likeness (QED) is 0.514. The van der Waals surface area contributed by atoms with E-state index < -0.39 is 17.7 Å². The Morgan fingerprint density at radius 3 is 2.41 bits per heavy atom. The molecule has 1 N–H and O–H groups in total. The van der Waals surface area contributed by atoms with Crippen molar-refractivity contribution in [2.24, 2.45) is 0 Å². The maximum absolute atomic E-state index is 15.5. The van der Waals surface area contributed by atoms with Crippen LogP contribution in [0.1, 0.15) is 62.6 Å². The van der Waals surface area contributed by atoms with Crippen LogP contribution in [-0.4, -0.2) is 57.3 Å². The molecule has 1 unspecified atom stereocenters. The number of carbonyl (C=O) groups is 1. The highest BCUT2D eigenvalue weighted by Gasteiger charge is 2.41. The molecule has 0 radical (unpaired) electrons. The minimum absolute atomic E-state index is 0.0171. The molecular formula is C25H30F2N4O3. The van der Waals surface area contributed by atoms with Gasteiger partial charge in [-0.1, -0.05) is 13.8 Å². The fraction of sp³-hybridized carbons (Fsp3) is 0.480. The number of benzene rings is 1. The largest absolute Gasteiger partial charge is 0.477 e. The molecular weight excluding hydrogens is 442 g/mol. The number of ether oxygens (including phenoxy) is 1. The summed E-state index contributed by atoms with van der Waals surface area (Å²) in [6, 6.07) is 7.35. The number of carboxylic acids is 1. The predicted molar refractivity (Wildman–Crippen MR) is 126 cm³/mol. The zero-order chi connectivity index (χ0) is 24.6. The van der Waals surface area contributed by atoms with Crippen molar-refractivity contribution in [1.29, 1.82) is 0 Å². The van der Waals surface area contributed by atoms with Gasteiger partial charge >= 0.3 is 5.97 Å². The van der Waals surface area contributed by atoms with Gasteiger partial charge < -0.3 is 14.7 Å². The van der Waals surface area contributed by atoms with E-state index in [0.29, 0.717) is 36.7 Å². The van der Waals surface area contributed by atoms with Crippen LogP contribution < -0.4 is 4.90 Å². The van der Waals surface area contributed by atoms with Crippen LogP contribution >= 0.6 is 0 Å². The third kappa shape index (κ3) is 4.36. The lowest BCUT2D eigenvalue weighted by molar-refractivity contribution is -0.0581. The minimum Gasteiger partial charge on any atom is -0.477 e. The molecule has 1 atom stereocenters. The number of hydrogen-bond donors (Lipinski definition) is 1. The molecule has 1 aliphatic rings. The van der Waals surface area contributed by atoms with Gasteiger partial charge in [-0.3, -0.25) is 0 Å². The van der Waals surface area contributed by atoms with Gasteiger partial charge in [-0.15, -0.1) is 0 Å². The lowest BCUT2D eigenvalue weighted by atomic mass is 9.88. The number of carboxylic acid groups (broad SMARTS) is 1. The fourth-order valence-corrected chi connectivity index (χ4v) is 4.57. The molecule has 1 fully saturated rings. The van der Waals surface area contributed by atoms with Crippen LogP contribution in [-0.2, 0) is 4.74 Å². The molecule has 9 heteroatoms. The first kappa shape index (κ1) is 24.1. The minimum atomic E-state index is -1.44. The summed E-state index contributed by atoms with van der Waals surface area (Å²) in [6.07, 6.45) is 0.0200. The van der Waals surface area contributed by atoms with Crippen LogP contribution in [0.5, 0.6) is 0 Å². The average Bonchev–Trinajstić information content (AvgIpc) is 3.20. The first-order valence-corrected chi connectivity index (χ1v) is 11.6. The number of piperidine rings is 1. The van der Waals surface area contributed by atoms with Crippen LogP contribution in [0.3, 0.4) is 0 Å². The van der Waals surface area contributed by atoms with E-state index in [-0.39, 0.29) is 30.3 Å². The first-order chi connectivity index (χ1) is 16.1. The Bertz CT molecular complexity index is 1190. The molecule has 7 nitrogen and oxygen atoms in total. The van der Waals surface area contributed by atoms with Crippen LogP contribution in [0, 0.1) is 5.82 Å². The second-order valence-corrected chi connectivity index (χ2v) is 9.08. The van der Waals surface area contributed by atoms with Gasteiger partial charge in [0.05, 0.1) is 28.6 Å². The van der Waals surface area contributed by atoms with Crippen molar-refractivity contribution in [3.05, 3.63) is 47.5 Å². The van der Waals surface area contributed by atoms with Gasteiger partial charge in [0.15, 0.2) is 11.3 Å². The summed E-state index contributed by atoms with van der Waals surface area (Å²) in [4.78, 5) is 18.3. The summed E-state index contributed by atoms with van der Waals surface area (Å²) in [5, 5.41) is 15.2. The average molecular weight is 473 g/mol. The highest BCUT2D eigenvalue weighted by atomic mass is 19.1. The van der Waals surface area contributed by atoms with Crippen molar-refractivity contribution in [3.63, 3.8) is 0 Å². The summed E-state index contributed by atoms with van der Waals surface area (Å²) < 4.78 is 36.1. The number of halogens is 2. The van der Waals surface area contributed by atoms with Gasteiger partial charge in [-0.05, 0) is 50.1 Å². The monoisotopic (exact) mass is 472 g/mol. The van der Waals surface area contributed by atoms with Crippen LogP contribution in [0.4, 0.5) is 14.5 Å². The zero-order valence-electron chi connectivity index (χ0n) is 19.9. The van der Waals surface area contributed by atoms with Crippen LogP contribution in [0.2, 0.25) is 0 Å². The second kappa shape index (κ2) is 9.29. The number of hydrogen-bond acceptors (Lipinski definition) is 5. The molecule has 3 aromatic rings. The molecule has 1 saturated heterocycles. The molecule has 0 aliphatic carbocycles. The Labute approximate surface area is 197 Å². The fourth-order valence-electron chi connectivity index (χ4n) is 4.57. The van der Waals surface area contributed by atoms with E-state index in [9.17, 15) is 14.3 Å². The van der Waals surface area contributed by atoms with Crippen LogP contribution in [0.15, 0.2) is 30.3 Å². The van der Waals surface area contributed by atoms with Gasteiger partial charge in [0.2, 0.25) is 0 Å². The number of aromatic carboxylic acids is 1. The van der Waals surface area contributed by atoms with Crippen molar-refractivity contribution >= 4 is 22.7 Å². The van der Waals surface area contributed by atoms with E-state index in [1.165, 1.54) is 12.1 Å². The smallest absolute Gasteiger partial charge is 0.354 e. The molecule has 0 spiro atoms. The van der Waals surface area contributed by atoms with Gasteiger partial charge in [-0.2, -0.15) is 5.10 Å². The first-order valence-electron chi connectivity index (χ1n) is 11.6. The molecule has 4 rings (SSSR count). The Kier molecular flexibility index (Phi) is 6.58. The summed E-state index contributed by atoms with van der Waals surface area (Å²) >= 11 is 0. The summed E-state index contributed by atoms with van der Waals surface area (Å²) in [7, 11) is 0. The van der Waals surface area contributed by atoms with Gasteiger partial charge in [-0.25, -0.2) is 23.2 Å². The van der Waals surface area contributed by atoms with Gasteiger partial charge in [0.25, 0.3) is 0 Å². The summed E-state index contributed by atoms with van der Waals surface area (Å²) in [6.45, 7) is 8.87. The van der Waals surface area contributed by atoms with Crippen molar-refractivity contribution in [1.82, 2.24) is 14.8 Å². The number of pyridine rings is 1. The molecule has 1 aliphatic heterocycles. The third-order valence-electron chi connectivity index (χ3n) is 6.56. The van der Waals surface area contributed by atoms with E-state index in [1.54, 1.807) is 29.8 Å². The van der Waals surface area contributed by atoms with E-state index in [1.807, 2.05) is 25.7 Å². The van der Waals surface area contributed by atoms with E-state index in [4.69, 9.17) is 9.84 Å². The Hall–Kier alpha value is -3.07. The third-order valence-corrected chi connectivity index (χ3v) is 6.56. The Morgan fingerprint density at radius 1 is 1.21 bits per heavy atom. The highest BCUT2D eigenvalue weighted by molar-refractivity contribution is 5.98. The van der Waals surface area contributed by atoms with Gasteiger partial charge in [0.1, 0.15) is 11.5 Å². The SMILES string of the molecule is CCOC(C)C1(F)CCN(c2cc(C(=O)O)nc3c2c(C(C)C)nn3-c2ccc(F)cc2)CC1. The topological polar surface area (TPSA) is 80.5 Å². The van der Waals surface area contributed by atoms with E-state index >= 15 is 4.39 Å². The molecule has 0 saturated carbocycles. The molecule has 0 bridgehead atoms. The number of nitrogens with zero attached hydrogens (tertiary/aromatic N) is 4. The molecule has 2 aromatic heterocycles. The molecule has 34 heavy (non-hydrogen) atoms. The van der Waals surface area contributed by atoms with Crippen molar-refractivity contribution in [2.45, 2.75) is 58.2 Å². The highest BCUT2D eigenvalue weighted by Crippen LogP contribution is 2.39. The maximum Gasteiger partial charge on any atom is 0.354 e. The van der Waals surface area contributed by atoms with Crippen molar-refractivity contribution in [2.75, 3.05) is 24.6 Å². The molecule has 3 heterocycles. The summed E-state index contributed by atoms with van der Waals surface area (Å²) in [5.74, 6) is -1.53. The van der Waals surface area contributed by atoms with Crippen LogP contribution in [0.25, 0.3) is 16.7 Å². The zero-order valence-corrected chi connectivity index (χ0v) is 19.9. The number of fused-ring (bicyclic) bond motifs is 1. The van der Waals surface area contributed by atoms with Crippen molar-refractivity contribution < 1.29 is 23.4 Å². The number of rotatable bonds is 7. The van der Waals surface area contributed by atoms with Crippen molar-refractivity contribution in [3.8, 4) is 5.69 Å².